The van der Waals surface area contributed by atoms with Crippen LogP contribution in [0.1, 0.15) is 17.0 Å². The van der Waals surface area contributed by atoms with Gasteiger partial charge < -0.3 is 5.32 Å². The molecule has 1 aromatic heterocycles. The molecule has 0 radical (unpaired) electrons. The summed E-state index contributed by atoms with van der Waals surface area (Å²) in [5.41, 5.74) is 3.77. The van der Waals surface area contributed by atoms with E-state index < -0.39 is 0 Å². The molecule has 0 fully saturated rings. The number of aryl methyl sites for hydroxylation is 1. The molecule has 0 aliphatic carbocycles. The summed E-state index contributed by atoms with van der Waals surface area (Å²) in [6.45, 7) is 0.853. The molecule has 0 saturated carbocycles. The van der Waals surface area contributed by atoms with Crippen LogP contribution in [0.15, 0.2) is 6.33 Å². The van der Waals surface area contributed by atoms with Gasteiger partial charge in [0.1, 0.15) is 6.33 Å². The molecule has 70 valence electrons. The van der Waals surface area contributed by atoms with Gasteiger partial charge in [0.05, 0.1) is 5.69 Å². The fourth-order valence-electron chi connectivity index (χ4n) is 1.54. The molecule has 1 aliphatic heterocycles. The average molecular weight is 195 g/mol. The summed E-state index contributed by atoms with van der Waals surface area (Å²) in [5.74, 6) is 2.27. The summed E-state index contributed by atoms with van der Waals surface area (Å²) in [6, 6.07) is 0. The van der Waals surface area contributed by atoms with Crippen molar-refractivity contribution in [3.05, 3.63) is 23.3 Å². The molecule has 0 saturated heterocycles. The van der Waals surface area contributed by atoms with Gasteiger partial charge in [0.15, 0.2) is 0 Å². The van der Waals surface area contributed by atoms with E-state index in [4.69, 9.17) is 0 Å². The third kappa shape index (κ3) is 1.84. The summed E-state index contributed by atoms with van der Waals surface area (Å²) in [4.78, 5) is 8.60. The van der Waals surface area contributed by atoms with E-state index in [9.17, 15) is 0 Å². The van der Waals surface area contributed by atoms with Crippen LogP contribution < -0.4 is 5.32 Å². The quantitative estimate of drug-likeness (QED) is 0.763. The van der Waals surface area contributed by atoms with Crippen LogP contribution in [0.25, 0.3) is 0 Å². The van der Waals surface area contributed by atoms with E-state index in [0.717, 1.165) is 18.7 Å². The smallest absolute Gasteiger partial charge is 0.116 e. The molecule has 4 heteroatoms. The maximum absolute atomic E-state index is 4.31. The van der Waals surface area contributed by atoms with E-state index in [1.54, 1.807) is 6.33 Å². The lowest BCUT2D eigenvalue weighted by Gasteiger charge is -2.16. The Morgan fingerprint density at radius 3 is 3.31 bits per heavy atom. The number of hydrogen-bond donors (Lipinski definition) is 1. The highest BCUT2D eigenvalue weighted by molar-refractivity contribution is 7.98. The largest absolute Gasteiger partial charge is 0.314 e. The van der Waals surface area contributed by atoms with Crippen LogP contribution in [-0.2, 0) is 18.7 Å². The lowest BCUT2D eigenvalue weighted by molar-refractivity contribution is 0.765. The molecule has 0 aromatic carbocycles. The van der Waals surface area contributed by atoms with E-state index in [1.165, 1.54) is 22.7 Å². The van der Waals surface area contributed by atoms with Crippen molar-refractivity contribution in [1.82, 2.24) is 15.3 Å². The molecule has 0 bridgehead atoms. The van der Waals surface area contributed by atoms with Crippen molar-refractivity contribution in [1.29, 1.82) is 0 Å². The maximum Gasteiger partial charge on any atom is 0.116 e. The van der Waals surface area contributed by atoms with Crippen LogP contribution in [0.5, 0.6) is 0 Å². The molecule has 3 nitrogen and oxygen atoms in total. The predicted molar refractivity (Wildman–Crippen MR) is 54.7 cm³/mol. The minimum absolute atomic E-state index is 0.853. The Balaban J connectivity index is 2.34. The Morgan fingerprint density at radius 1 is 1.54 bits per heavy atom. The molecule has 1 aliphatic rings. The molecule has 13 heavy (non-hydrogen) atoms. The van der Waals surface area contributed by atoms with E-state index in [2.05, 4.69) is 15.3 Å². The Hall–Kier alpha value is -0.610. The van der Waals surface area contributed by atoms with Gasteiger partial charge in [0.25, 0.3) is 0 Å². The minimum Gasteiger partial charge on any atom is -0.314 e. The van der Waals surface area contributed by atoms with Crippen LogP contribution in [0.3, 0.4) is 0 Å². The summed E-state index contributed by atoms with van der Waals surface area (Å²) < 4.78 is 0. The zero-order chi connectivity index (χ0) is 9.10. The second-order valence-electron chi connectivity index (χ2n) is 3.08. The lowest BCUT2D eigenvalue weighted by atomic mass is 10.1. The van der Waals surface area contributed by atoms with Gasteiger partial charge in [-0.05, 0) is 19.2 Å². The monoisotopic (exact) mass is 195 g/mol. The average Bonchev–Trinajstić information content (AvgIpc) is 2.19. The number of rotatable bonds is 2. The molecular weight excluding hydrogens is 182 g/mol. The number of fused-ring (bicyclic) bond motifs is 1. The normalized spacial score (nSPS) is 15.5. The summed E-state index contributed by atoms with van der Waals surface area (Å²) in [6.07, 6.45) is 2.78. The van der Waals surface area contributed by atoms with Gasteiger partial charge >= 0.3 is 0 Å². The topological polar surface area (TPSA) is 37.8 Å². The van der Waals surface area contributed by atoms with Gasteiger partial charge in [-0.15, -0.1) is 0 Å². The first kappa shape index (κ1) is 8.97. The number of thioether (sulfide) groups is 1. The molecule has 2 heterocycles. The molecule has 0 atom stereocenters. The van der Waals surface area contributed by atoms with Crippen molar-refractivity contribution in [2.75, 3.05) is 12.8 Å². The Morgan fingerprint density at radius 2 is 2.46 bits per heavy atom. The summed E-state index contributed by atoms with van der Waals surface area (Å²) >= 11 is 1.97. The van der Waals surface area contributed by atoms with Crippen molar-refractivity contribution >= 4 is 11.8 Å². The maximum atomic E-state index is 4.31. The minimum atomic E-state index is 0.853. The van der Waals surface area contributed by atoms with E-state index in [-0.39, 0.29) is 0 Å². The summed E-state index contributed by atoms with van der Waals surface area (Å²) in [5, 5.41) is 3.13. The zero-order valence-corrected chi connectivity index (χ0v) is 8.52. The summed E-state index contributed by atoms with van der Waals surface area (Å²) in [7, 11) is 1.95. The molecule has 0 unspecified atom stereocenters. The first-order valence-corrected chi connectivity index (χ1v) is 5.61. The number of nitrogens with one attached hydrogen (secondary N) is 1. The highest BCUT2D eigenvalue weighted by Gasteiger charge is 2.14. The van der Waals surface area contributed by atoms with Crippen molar-refractivity contribution in [2.45, 2.75) is 18.7 Å². The Kier molecular flexibility index (Phi) is 2.80. The number of hydrogen-bond acceptors (Lipinski definition) is 4. The Bertz CT molecular complexity index is 301. The molecule has 1 N–H and O–H groups in total. The van der Waals surface area contributed by atoms with Crippen LogP contribution in [0.4, 0.5) is 0 Å². The molecule has 2 rings (SSSR count). The number of aromatic nitrogens is 2. The SMILES string of the molecule is CNCc1ncnc2c1CSCC2. The predicted octanol–water partition coefficient (Wildman–Crippen LogP) is 0.985. The highest BCUT2D eigenvalue weighted by Crippen LogP contribution is 2.24. The highest BCUT2D eigenvalue weighted by atomic mass is 32.2. The third-order valence-electron chi connectivity index (χ3n) is 2.20. The lowest BCUT2D eigenvalue weighted by Crippen LogP contribution is -2.15. The van der Waals surface area contributed by atoms with Crippen molar-refractivity contribution in [2.24, 2.45) is 0 Å². The van der Waals surface area contributed by atoms with E-state index in [0.29, 0.717) is 0 Å². The standard InChI is InChI=1S/C9H13N3S/c1-10-4-9-7-5-13-3-2-8(7)11-6-12-9/h6,10H,2-5H2,1H3. The van der Waals surface area contributed by atoms with Crippen molar-refractivity contribution in [3.8, 4) is 0 Å². The van der Waals surface area contributed by atoms with Gasteiger partial charge in [-0.3, -0.25) is 0 Å². The second kappa shape index (κ2) is 4.07. The van der Waals surface area contributed by atoms with E-state index in [1.807, 2.05) is 18.8 Å². The van der Waals surface area contributed by atoms with Gasteiger partial charge in [-0.2, -0.15) is 11.8 Å². The fourth-order valence-corrected chi connectivity index (χ4v) is 2.55. The third-order valence-corrected chi connectivity index (χ3v) is 3.18. The van der Waals surface area contributed by atoms with Crippen molar-refractivity contribution < 1.29 is 0 Å². The van der Waals surface area contributed by atoms with Crippen molar-refractivity contribution in [3.63, 3.8) is 0 Å². The molecule has 1 aromatic rings. The van der Waals surface area contributed by atoms with E-state index >= 15 is 0 Å². The molecule has 0 amide bonds. The molecule has 0 spiro atoms. The van der Waals surface area contributed by atoms with Crippen LogP contribution in [0, 0.1) is 0 Å². The van der Waals surface area contributed by atoms with Gasteiger partial charge in [-0.25, -0.2) is 9.97 Å². The Labute approximate surface area is 82.4 Å². The second-order valence-corrected chi connectivity index (χ2v) is 4.18. The zero-order valence-electron chi connectivity index (χ0n) is 7.71. The number of nitrogens with zero attached hydrogens (tertiary/aromatic N) is 2. The van der Waals surface area contributed by atoms with Gasteiger partial charge in [0.2, 0.25) is 0 Å². The fraction of sp³-hybridized carbons (Fsp3) is 0.556. The van der Waals surface area contributed by atoms with Gasteiger partial charge in [0, 0.05) is 23.6 Å². The van der Waals surface area contributed by atoms with Gasteiger partial charge in [-0.1, -0.05) is 0 Å². The first-order chi connectivity index (χ1) is 6.42. The molecular formula is C9H13N3S. The first-order valence-electron chi connectivity index (χ1n) is 4.46. The van der Waals surface area contributed by atoms with Crippen LogP contribution in [-0.4, -0.2) is 22.8 Å². The van der Waals surface area contributed by atoms with Crippen LogP contribution >= 0.6 is 11.8 Å². The van der Waals surface area contributed by atoms with Crippen LogP contribution in [0.2, 0.25) is 0 Å².